The van der Waals surface area contributed by atoms with Gasteiger partial charge in [-0.15, -0.1) is 0 Å². The van der Waals surface area contributed by atoms with Crippen molar-refractivity contribution < 1.29 is 5.11 Å². The second kappa shape index (κ2) is 4.47. The molecule has 1 aromatic carbocycles. The van der Waals surface area contributed by atoms with Gasteiger partial charge in [0.25, 0.3) is 0 Å². The molecular weight excluding hydrogens is 174 g/mol. The van der Waals surface area contributed by atoms with Crippen LogP contribution in [-0.2, 0) is 6.42 Å². The highest BCUT2D eigenvalue weighted by molar-refractivity contribution is 5.39. The highest BCUT2D eigenvalue weighted by Gasteiger charge is 2.11. The van der Waals surface area contributed by atoms with Crippen molar-refractivity contribution in [2.24, 2.45) is 0 Å². The van der Waals surface area contributed by atoms with E-state index in [-0.39, 0.29) is 0 Å². The lowest BCUT2D eigenvalue weighted by molar-refractivity contribution is 0.0689. The fraction of sp³-hybridized carbons (Fsp3) is 0.500. The summed E-state index contributed by atoms with van der Waals surface area (Å²) in [6.07, 6.45) is 2.84. The van der Waals surface area contributed by atoms with Crippen molar-refractivity contribution in [1.29, 1.82) is 0 Å². The first kappa shape index (κ1) is 11.1. The van der Waals surface area contributed by atoms with Crippen LogP contribution in [-0.4, -0.2) is 10.7 Å². The maximum Gasteiger partial charge on any atom is 0.0591 e. The molecule has 0 radical (unpaired) electrons. The maximum atomic E-state index is 9.52. The van der Waals surface area contributed by atoms with Crippen LogP contribution in [0.2, 0.25) is 0 Å². The van der Waals surface area contributed by atoms with E-state index in [0.717, 1.165) is 24.9 Å². The molecule has 0 aliphatic carbocycles. The van der Waals surface area contributed by atoms with Crippen LogP contribution in [0.1, 0.15) is 32.3 Å². The Kier molecular flexibility index (Phi) is 3.53. The van der Waals surface area contributed by atoms with Gasteiger partial charge in [0.1, 0.15) is 0 Å². The Morgan fingerprint density at radius 1 is 1.21 bits per heavy atom. The highest BCUT2D eigenvalue weighted by Crippen LogP contribution is 2.14. The van der Waals surface area contributed by atoms with Crippen LogP contribution < -0.4 is 5.73 Å². The molecule has 0 aliphatic heterocycles. The molecular formula is C12H19NO. The predicted molar refractivity (Wildman–Crippen MR) is 60.1 cm³/mol. The topological polar surface area (TPSA) is 46.2 Å². The van der Waals surface area contributed by atoms with Gasteiger partial charge in [-0.3, -0.25) is 0 Å². The van der Waals surface area contributed by atoms with Crippen molar-refractivity contribution in [3.8, 4) is 0 Å². The molecule has 78 valence electrons. The fourth-order valence-electron chi connectivity index (χ4n) is 1.41. The average Bonchev–Trinajstić information content (AvgIpc) is 2.06. The van der Waals surface area contributed by atoms with E-state index < -0.39 is 5.60 Å². The Morgan fingerprint density at radius 2 is 1.79 bits per heavy atom. The summed E-state index contributed by atoms with van der Waals surface area (Å²) in [4.78, 5) is 0. The molecule has 0 unspecified atom stereocenters. The predicted octanol–water partition coefficient (Wildman–Crippen LogP) is 2.36. The first-order valence-electron chi connectivity index (χ1n) is 5.04. The van der Waals surface area contributed by atoms with Gasteiger partial charge in [0.05, 0.1) is 5.60 Å². The van der Waals surface area contributed by atoms with Crippen molar-refractivity contribution in [2.45, 2.75) is 38.7 Å². The van der Waals surface area contributed by atoms with Crippen molar-refractivity contribution >= 4 is 5.69 Å². The van der Waals surface area contributed by atoms with Crippen LogP contribution in [0, 0.1) is 0 Å². The van der Waals surface area contributed by atoms with Gasteiger partial charge in [0.15, 0.2) is 0 Å². The average molecular weight is 193 g/mol. The van der Waals surface area contributed by atoms with Crippen LogP contribution in [0.15, 0.2) is 24.3 Å². The number of nitrogen functional groups attached to an aromatic ring is 1. The second-order valence-electron chi connectivity index (χ2n) is 4.41. The van der Waals surface area contributed by atoms with E-state index in [1.165, 1.54) is 5.56 Å². The minimum Gasteiger partial charge on any atom is -0.399 e. The van der Waals surface area contributed by atoms with Gasteiger partial charge in [-0.05, 0) is 50.8 Å². The van der Waals surface area contributed by atoms with Crippen LogP contribution in [0.3, 0.4) is 0 Å². The third-order valence-electron chi connectivity index (χ3n) is 2.23. The van der Waals surface area contributed by atoms with Gasteiger partial charge in [-0.1, -0.05) is 12.1 Å². The quantitative estimate of drug-likeness (QED) is 0.721. The Morgan fingerprint density at radius 3 is 2.29 bits per heavy atom. The van der Waals surface area contributed by atoms with Crippen molar-refractivity contribution in [3.63, 3.8) is 0 Å². The number of aliphatic hydroxyl groups is 1. The van der Waals surface area contributed by atoms with E-state index in [1.54, 1.807) is 0 Å². The first-order chi connectivity index (χ1) is 6.47. The number of anilines is 1. The molecule has 0 amide bonds. The lowest BCUT2D eigenvalue weighted by Crippen LogP contribution is -2.18. The zero-order chi connectivity index (χ0) is 10.6. The number of aryl methyl sites for hydroxylation is 1. The Balaban J connectivity index is 2.35. The lowest BCUT2D eigenvalue weighted by atomic mass is 9.99. The summed E-state index contributed by atoms with van der Waals surface area (Å²) >= 11 is 0. The van der Waals surface area contributed by atoms with Gasteiger partial charge < -0.3 is 10.8 Å². The summed E-state index contributed by atoms with van der Waals surface area (Å²) in [6.45, 7) is 3.69. The highest BCUT2D eigenvalue weighted by atomic mass is 16.3. The molecule has 0 fully saturated rings. The Labute approximate surface area is 85.8 Å². The molecule has 0 atom stereocenters. The minimum absolute atomic E-state index is 0.548. The zero-order valence-electron chi connectivity index (χ0n) is 8.96. The van der Waals surface area contributed by atoms with Crippen LogP contribution in [0.4, 0.5) is 5.69 Å². The molecule has 1 aromatic rings. The second-order valence-corrected chi connectivity index (χ2v) is 4.41. The lowest BCUT2D eigenvalue weighted by Gasteiger charge is -2.16. The van der Waals surface area contributed by atoms with Crippen LogP contribution >= 0.6 is 0 Å². The third kappa shape index (κ3) is 4.28. The smallest absolute Gasteiger partial charge is 0.0591 e. The van der Waals surface area contributed by atoms with E-state index in [0.29, 0.717) is 0 Å². The minimum atomic E-state index is -0.548. The van der Waals surface area contributed by atoms with E-state index in [9.17, 15) is 5.11 Å². The molecule has 3 N–H and O–H groups in total. The molecule has 0 aliphatic rings. The van der Waals surface area contributed by atoms with E-state index >= 15 is 0 Å². The van der Waals surface area contributed by atoms with Crippen molar-refractivity contribution in [1.82, 2.24) is 0 Å². The number of hydrogen-bond donors (Lipinski definition) is 2. The Hall–Kier alpha value is -1.02. The van der Waals surface area contributed by atoms with Gasteiger partial charge in [0.2, 0.25) is 0 Å². The molecule has 0 bridgehead atoms. The summed E-state index contributed by atoms with van der Waals surface area (Å²) < 4.78 is 0. The fourth-order valence-corrected chi connectivity index (χ4v) is 1.41. The summed E-state index contributed by atoms with van der Waals surface area (Å²) in [5.41, 5.74) is 7.12. The number of rotatable bonds is 4. The summed E-state index contributed by atoms with van der Waals surface area (Å²) in [5, 5.41) is 9.52. The standard InChI is InChI=1S/C12H19NO/c1-12(2,14)9-3-4-10-5-7-11(13)8-6-10/h5-8,14H,3-4,9,13H2,1-2H3. The van der Waals surface area contributed by atoms with E-state index in [4.69, 9.17) is 5.73 Å². The van der Waals surface area contributed by atoms with E-state index in [2.05, 4.69) is 0 Å². The molecule has 2 heteroatoms. The van der Waals surface area contributed by atoms with Crippen LogP contribution in [0.5, 0.6) is 0 Å². The molecule has 0 heterocycles. The first-order valence-corrected chi connectivity index (χ1v) is 5.04. The zero-order valence-corrected chi connectivity index (χ0v) is 8.96. The van der Waals surface area contributed by atoms with Gasteiger partial charge in [0, 0.05) is 5.69 Å². The van der Waals surface area contributed by atoms with Crippen molar-refractivity contribution in [2.75, 3.05) is 5.73 Å². The summed E-state index contributed by atoms with van der Waals surface area (Å²) in [7, 11) is 0. The van der Waals surface area contributed by atoms with Gasteiger partial charge >= 0.3 is 0 Å². The van der Waals surface area contributed by atoms with E-state index in [1.807, 2.05) is 38.1 Å². The third-order valence-corrected chi connectivity index (χ3v) is 2.23. The summed E-state index contributed by atoms with van der Waals surface area (Å²) in [5.74, 6) is 0. The largest absolute Gasteiger partial charge is 0.399 e. The van der Waals surface area contributed by atoms with Crippen LogP contribution in [0.25, 0.3) is 0 Å². The molecule has 0 spiro atoms. The molecule has 14 heavy (non-hydrogen) atoms. The molecule has 0 saturated carbocycles. The molecule has 2 nitrogen and oxygen atoms in total. The Bertz CT molecular complexity index is 271. The monoisotopic (exact) mass is 193 g/mol. The van der Waals surface area contributed by atoms with Gasteiger partial charge in [-0.25, -0.2) is 0 Å². The normalized spacial score (nSPS) is 11.6. The van der Waals surface area contributed by atoms with Crippen molar-refractivity contribution in [3.05, 3.63) is 29.8 Å². The number of hydrogen-bond acceptors (Lipinski definition) is 2. The number of nitrogens with two attached hydrogens (primary N) is 1. The van der Waals surface area contributed by atoms with Gasteiger partial charge in [-0.2, -0.15) is 0 Å². The molecule has 0 saturated heterocycles. The molecule has 1 rings (SSSR count). The maximum absolute atomic E-state index is 9.52. The SMILES string of the molecule is CC(C)(O)CCCc1ccc(N)cc1. The summed E-state index contributed by atoms with van der Waals surface area (Å²) in [6, 6.07) is 7.91. The number of benzene rings is 1. The molecule has 0 aromatic heterocycles.